The number of hydrogen-bond acceptors (Lipinski definition) is 2. The number of nitrogens with one attached hydrogen (secondary N) is 1. The second-order valence-corrected chi connectivity index (χ2v) is 8.25. The Balaban J connectivity index is 1.53. The Morgan fingerprint density at radius 3 is 2.52 bits per heavy atom. The molecule has 1 fully saturated rings. The van der Waals surface area contributed by atoms with Gasteiger partial charge in [-0.3, -0.25) is 9.59 Å². The summed E-state index contributed by atoms with van der Waals surface area (Å²) in [7, 11) is 0. The molecule has 1 aliphatic rings. The number of carbonyl (C=O) groups is 2. The van der Waals surface area contributed by atoms with E-state index in [4.69, 9.17) is 0 Å². The Hall–Kier alpha value is -2.36. The van der Waals surface area contributed by atoms with Crippen molar-refractivity contribution in [2.24, 2.45) is 11.8 Å². The topological polar surface area (TPSA) is 49.4 Å². The lowest BCUT2D eigenvalue weighted by Gasteiger charge is -2.32. The van der Waals surface area contributed by atoms with Gasteiger partial charge in [0.05, 0.1) is 0 Å². The minimum Gasteiger partial charge on any atom is -0.356 e. The van der Waals surface area contributed by atoms with E-state index in [1.807, 2.05) is 47.4 Å². The Morgan fingerprint density at radius 1 is 1.07 bits per heavy atom. The van der Waals surface area contributed by atoms with Crippen LogP contribution in [0.5, 0.6) is 0 Å². The minimum absolute atomic E-state index is 0.0234. The lowest BCUT2D eigenvalue weighted by molar-refractivity contribution is -0.126. The molecule has 1 atom stereocenters. The van der Waals surface area contributed by atoms with Crippen molar-refractivity contribution in [2.45, 2.75) is 52.4 Å². The van der Waals surface area contributed by atoms with E-state index in [0.717, 1.165) is 42.1 Å². The van der Waals surface area contributed by atoms with Gasteiger partial charge in [0.1, 0.15) is 0 Å². The summed E-state index contributed by atoms with van der Waals surface area (Å²) in [6.45, 7) is 6.48. The fraction of sp³-hybridized carbons (Fsp3) is 0.520. The molecule has 4 heteroatoms. The molecule has 2 amide bonds. The molecule has 0 spiro atoms. The zero-order valence-electron chi connectivity index (χ0n) is 17.8. The van der Waals surface area contributed by atoms with Gasteiger partial charge in [-0.15, -0.1) is 0 Å². The van der Waals surface area contributed by atoms with Crippen LogP contribution in [0.4, 0.5) is 0 Å². The van der Waals surface area contributed by atoms with Crippen molar-refractivity contribution in [1.82, 2.24) is 10.2 Å². The van der Waals surface area contributed by atoms with Crippen LogP contribution in [-0.4, -0.2) is 36.3 Å². The van der Waals surface area contributed by atoms with Crippen LogP contribution in [0.1, 0.15) is 62.7 Å². The molecule has 1 N–H and O–H groups in total. The maximum absolute atomic E-state index is 13.1. The van der Waals surface area contributed by atoms with Crippen LogP contribution in [0.3, 0.4) is 0 Å². The fourth-order valence-electron chi connectivity index (χ4n) is 4.26. The van der Waals surface area contributed by atoms with Crippen LogP contribution in [0.2, 0.25) is 0 Å². The van der Waals surface area contributed by atoms with Crippen molar-refractivity contribution in [3.63, 3.8) is 0 Å². The lowest BCUT2D eigenvalue weighted by atomic mass is 9.94. The van der Waals surface area contributed by atoms with E-state index in [9.17, 15) is 9.59 Å². The molecule has 0 aliphatic carbocycles. The molecule has 29 heavy (non-hydrogen) atoms. The Morgan fingerprint density at radius 2 is 1.79 bits per heavy atom. The van der Waals surface area contributed by atoms with Crippen molar-refractivity contribution in [2.75, 3.05) is 19.6 Å². The van der Waals surface area contributed by atoms with Crippen molar-refractivity contribution in [1.29, 1.82) is 0 Å². The van der Waals surface area contributed by atoms with Crippen molar-refractivity contribution >= 4 is 22.6 Å². The number of hydrogen-bond donors (Lipinski definition) is 1. The van der Waals surface area contributed by atoms with Crippen molar-refractivity contribution < 1.29 is 9.59 Å². The Labute approximate surface area is 174 Å². The second-order valence-electron chi connectivity index (χ2n) is 8.25. The highest BCUT2D eigenvalue weighted by Crippen LogP contribution is 2.24. The number of likely N-dealkylation sites (tertiary alicyclic amines) is 1. The van der Waals surface area contributed by atoms with E-state index in [-0.39, 0.29) is 17.7 Å². The van der Waals surface area contributed by atoms with Crippen molar-refractivity contribution in [3.8, 4) is 0 Å². The highest BCUT2D eigenvalue weighted by molar-refractivity contribution is 6.07. The summed E-state index contributed by atoms with van der Waals surface area (Å²) in [5, 5.41) is 5.25. The smallest absolute Gasteiger partial charge is 0.254 e. The standard InChI is InChI=1S/C25H34N2O2/c1-3-5-9-19(4-2)18-26-24(28)21-14-16-27(17-15-21)25(29)23-13-8-11-20-10-6-7-12-22(20)23/h6-8,10-13,19,21H,3-5,9,14-18H2,1-2H3,(H,26,28). The van der Waals surface area contributed by atoms with Crippen molar-refractivity contribution in [3.05, 3.63) is 48.0 Å². The molecule has 2 aromatic carbocycles. The van der Waals surface area contributed by atoms with E-state index in [2.05, 4.69) is 19.2 Å². The summed E-state index contributed by atoms with van der Waals surface area (Å²) in [5.74, 6) is 0.839. The fourth-order valence-corrected chi connectivity index (χ4v) is 4.26. The molecule has 2 aromatic rings. The highest BCUT2D eigenvalue weighted by Gasteiger charge is 2.28. The highest BCUT2D eigenvalue weighted by atomic mass is 16.2. The van der Waals surface area contributed by atoms with Crippen LogP contribution >= 0.6 is 0 Å². The largest absolute Gasteiger partial charge is 0.356 e. The minimum atomic E-state index is 0.0234. The number of unbranched alkanes of at least 4 members (excludes halogenated alkanes) is 1. The second kappa shape index (κ2) is 10.4. The number of fused-ring (bicyclic) bond motifs is 1. The number of benzene rings is 2. The van der Waals surface area contributed by atoms with Crippen LogP contribution in [0.25, 0.3) is 10.8 Å². The van der Waals surface area contributed by atoms with Gasteiger partial charge >= 0.3 is 0 Å². The molecule has 1 aliphatic heterocycles. The monoisotopic (exact) mass is 394 g/mol. The maximum atomic E-state index is 13.1. The molecule has 3 rings (SSSR count). The molecular weight excluding hydrogens is 360 g/mol. The number of carbonyl (C=O) groups excluding carboxylic acids is 2. The quantitative estimate of drug-likeness (QED) is 0.683. The third-order valence-electron chi connectivity index (χ3n) is 6.28. The molecule has 1 saturated heterocycles. The predicted molar refractivity (Wildman–Crippen MR) is 119 cm³/mol. The van der Waals surface area contributed by atoms with E-state index >= 15 is 0 Å². The van der Waals surface area contributed by atoms with E-state index in [1.165, 1.54) is 19.3 Å². The first-order valence-corrected chi connectivity index (χ1v) is 11.2. The van der Waals surface area contributed by atoms with Crippen LogP contribution < -0.4 is 5.32 Å². The van der Waals surface area contributed by atoms with Gasteiger partial charge in [0, 0.05) is 31.1 Å². The summed E-state index contributed by atoms with van der Waals surface area (Å²) in [6.07, 6.45) is 6.21. The van der Waals surface area contributed by atoms with Crippen LogP contribution in [-0.2, 0) is 4.79 Å². The summed E-state index contributed by atoms with van der Waals surface area (Å²) < 4.78 is 0. The molecule has 0 radical (unpaired) electrons. The molecular formula is C25H34N2O2. The molecule has 4 nitrogen and oxygen atoms in total. The number of rotatable bonds is 8. The predicted octanol–water partition coefficient (Wildman–Crippen LogP) is 5.02. The third kappa shape index (κ3) is 5.37. The van der Waals surface area contributed by atoms with E-state index in [1.54, 1.807) is 0 Å². The van der Waals surface area contributed by atoms with Crippen LogP contribution in [0, 0.1) is 11.8 Å². The van der Waals surface area contributed by atoms with Gasteiger partial charge in [0.25, 0.3) is 5.91 Å². The third-order valence-corrected chi connectivity index (χ3v) is 6.28. The summed E-state index contributed by atoms with van der Waals surface area (Å²) >= 11 is 0. The van der Waals surface area contributed by atoms with Gasteiger partial charge in [-0.2, -0.15) is 0 Å². The normalized spacial score (nSPS) is 16.0. The SMILES string of the molecule is CCCCC(CC)CNC(=O)C1CCN(C(=O)c2cccc3ccccc23)CC1. The average molecular weight is 395 g/mol. The summed E-state index contributed by atoms with van der Waals surface area (Å²) in [6, 6.07) is 13.9. The molecule has 0 saturated carbocycles. The van der Waals surface area contributed by atoms with E-state index in [0.29, 0.717) is 19.0 Å². The first-order chi connectivity index (χ1) is 14.1. The molecule has 1 heterocycles. The first-order valence-electron chi connectivity index (χ1n) is 11.2. The van der Waals surface area contributed by atoms with Crippen LogP contribution in [0.15, 0.2) is 42.5 Å². The van der Waals surface area contributed by atoms with Gasteiger partial charge in [-0.1, -0.05) is 69.5 Å². The average Bonchev–Trinajstić information content (AvgIpc) is 2.78. The van der Waals surface area contributed by atoms with Gasteiger partial charge in [-0.25, -0.2) is 0 Å². The number of piperidine rings is 1. The molecule has 0 aromatic heterocycles. The van der Waals surface area contributed by atoms with Gasteiger partial charge in [-0.05, 0) is 42.0 Å². The summed E-state index contributed by atoms with van der Waals surface area (Å²) in [5.41, 5.74) is 0.757. The molecule has 1 unspecified atom stereocenters. The molecule has 0 bridgehead atoms. The Kier molecular flexibility index (Phi) is 7.68. The van der Waals surface area contributed by atoms with Gasteiger partial charge in [0.2, 0.25) is 5.91 Å². The zero-order valence-corrected chi connectivity index (χ0v) is 17.8. The van der Waals surface area contributed by atoms with Gasteiger partial charge < -0.3 is 10.2 Å². The maximum Gasteiger partial charge on any atom is 0.254 e. The Bertz CT molecular complexity index is 819. The number of nitrogens with zero attached hydrogens (tertiary/aromatic N) is 1. The lowest BCUT2D eigenvalue weighted by Crippen LogP contribution is -2.43. The molecule has 156 valence electrons. The van der Waals surface area contributed by atoms with Gasteiger partial charge in [0.15, 0.2) is 0 Å². The van der Waals surface area contributed by atoms with E-state index < -0.39 is 0 Å². The first kappa shape index (κ1) is 21.4. The summed E-state index contributed by atoms with van der Waals surface area (Å²) in [4.78, 5) is 27.6. The zero-order chi connectivity index (χ0) is 20.6. The number of amides is 2.